The first-order chi connectivity index (χ1) is 19.3. The number of oxazole rings is 1. The first-order valence-corrected chi connectivity index (χ1v) is 12.4. The van der Waals surface area contributed by atoms with E-state index in [9.17, 15) is 9.59 Å². The average Bonchev–Trinajstić information content (AvgIpc) is 3.47. The monoisotopic (exact) mass is 541 g/mol. The van der Waals surface area contributed by atoms with Crippen LogP contribution in [0.15, 0.2) is 101 Å². The van der Waals surface area contributed by atoms with E-state index in [1.54, 1.807) is 24.4 Å². The molecule has 1 aliphatic heterocycles. The van der Waals surface area contributed by atoms with Crippen molar-refractivity contribution in [2.24, 2.45) is 0 Å². The van der Waals surface area contributed by atoms with Gasteiger partial charge in [-0.2, -0.15) is 0 Å². The Labute approximate surface area is 230 Å². The molecular weight excluding hydrogens is 514 g/mol. The van der Waals surface area contributed by atoms with Crippen molar-refractivity contribution in [2.75, 3.05) is 12.4 Å². The first kappa shape index (κ1) is 26.4. The molecule has 1 aliphatic rings. The summed E-state index contributed by atoms with van der Waals surface area (Å²) >= 11 is 0. The maximum atomic E-state index is 12.9. The molecule has 4 aromatic rings. The number of nitrogens with one attached hydrogen (secondary N) is 2. The van der Waals surface area contributed by atoms with Crippen LogP contribution in [0.3, 0.4) is 0 Å². The Hall–Kier alpha value is -5.25. The van der Waals surface area contributed by atoms with E-state index in [1.807, 2.05) is 54.6 Å². The van der Waals surface area contributed by atoms with Crippen molar-refractivity contribution in [1.82, 2.24) is 10.3 Å². The molecule has 0 unspecified atom stereocenters. The van der Waals surface area contributed by atoms with Gasteiger partial charge in [0, 0.05) is 32.1 Å². The number of rotatable bonds is 9. The standard InChI is InChI=1S/C30H27N3O7/c1-30(2)39-28(34)26(29(35)40-30)27(33-20-11-14-23(24(15-20)36-3)25-17-31-18-37-25)32-16-19-9-12-22(13-10-19)38-21-7-5-4-6-8-21/h4-15,17-18,32-33H,16H2,1-3H3. The highest BCUT2D eigenvalue weighted by Gasteiger charge is 2.41. The summed E-state index contributed by atoms with van der Waals surface area (Å²) in [7, 11) is 1.53. The summed E-state index contributed by atoms with van der Waals surface area (Å²) in [6.45, 7) is 3.26. The molecule has 204 valence electrons. The van der Waals surface area contributed by atoms with Gasteiger partial charge in [0.25, 0.3) is 5.79 Å². The van der Waals surface area contributed by atoms with E-state index in [1.165, 1.54) is 27.4 Å². The summed E-state index contributed by atoms with van der Waals surface area (Å²) in [6, 6.07) is 22.1. The van der Waals surface area contributed by atoms with Gasteiger partial charge in [0.05, 0.1) is 18.9 Å². The van der Waals surface area contributed by atoms with Gasteiger partial charge in [0.2, 0.25) is 0 Å². The molecule has 10 heteroatoms. The molecular formula is C30H27N3O7. The van der Waals surface area contributed by atoms with Crippen LogP contribution in [0.4, 0.5) is 5.69 Å². The van der Waals surface area contributed by atoms with Gasteiger partial charge in [-0.15, -0.1) is 0 Å². The Bertz CT molecular complexity index is 1510. The van der Waals surface area contributed by atoms with Crippen molar-refractivity contribution >= 4 is 17.6 Å². The van der Waals surface area contributed by atoms with Crippen LogP contribution in [0.5, 0.6) is 17.2 Å². The largest absolute Gasteiger partial charge is 0.496 e. The van der Waals surface area contributed by atoms with Crippen LogP contribution >= 0.6 is 0 Å². The number of ether oxygens (including phenoxy) is 4. The first-order valence-electron chi connectivity index (χ1n) is 12.4. The number of esters is 2. The van der Waals surface area contributed by atoms with E-state index >= 15 is 0 Å². The number of carbonyl (C=O) groups is 2. The van der Waals surface area contributed by atoms with Gasteiger partial charge in [0.1, 0.15) is 23.1 Å². The predicted octanol–water partition coefficient (Wildman–Crippen LogP) is 5.39. The molecule has 2 heterocycles. The van der Waals surface area contributed by atoms with Gasteiger partial charge in [-0.25, -0.2) is 14.6 Å². The summed E-state index contributed by atoms with van der Waals surface area (Å²) in [6.07, 6.45) is 2.90. The highest BCUT2D eigenvalue weighted by molar-refractivity contribution is 6.16. The minimum atomic E-state index is -1.38. The average molecular weight is 542 g/mol. The zero-order chi connectivity index (χ0) is 28.1. The fourth-order valence-corrected chi connectivity index (χ4v) is 4.01. The Morgan fingerprint density at radius 3 is 2.27 bits per heavy atom. The van der Waals surface area contributed by atoms with Crippen molar-refractivity contribution in [3.8, 4) is 28.6 Å². The lowest BCUT2D eigenvalue weighted by molar-refractivity contribution is -0.222. The van der Waals surface area contributed by atoms with Crippen molar-refractivity contribution < 1.29 is 33.0 Å². The second-order valence-corrected chi connectivity index (χ2v) is 9.25. The molecule has 0 bridgehead atoms. The van der Waals surface area contributed by atoms with Crippen LogP contribution in [0.2, 0.25) is 0 Å². The highest BCUT2D eigenvalue weighted by Crippen LogP contribution is 2.33. The van der Waals surface area contributed by atoms with E-state index < -0.39 is 17.7 Å². The second kappa shape index (κ2) is 11.2. The van der Waals surface area contributed by atoms with Gasteiger partial charge >= 0.3 is 11.9 Å². The molecule has 5 rings (SSSR count). The van der Waals surface area contributed by atoms with Crippen LogP contribution in [0, 0.1) is 0 Å². The lowest BCUT2D eigenvalue weighted by Crippen LogP contribution is -2.44. The molecule has 1 fully saturated rings. The molecule has 40 heavy (non-hydrogen) atoms. The van der Waals surface area contributed by atoms with Gasteiger partial charge in [-0.1, -0.05) is 30.3 Å². The summed E-state index contributed by atoms with van der Waals surface area (Å²) < 4.78 is 27.4. The summed E-state index contributed by atoms with van der Waals surface area (Å²) in [5.41, 5.74) is 1.80. The Morgan fingerprint density at radius 2 is 1.62 bits per heavy atom. The minimum Gasteiger partial charge on any atom is -0.496 e. The molecule has 2 N–H and O–H groups in total. The van der Waals surface area contributed by atoms with Crippen molar-refractivity contribution in [3.05, 3.63) is 102 Å². The number of aromatic nitrogens is 1. The van der Waals surface area contributed by atoms with Gasteiger partial charge in [-0.05, 0) is 42.0 Å². The van der Waals surface area contributed by atoms with Crippen molar-refractivity contribution in [2.45, 2.75) is 26.2 Å². The van der Waals surface area contributed by atoms with Gasteiger partial charge in [0.15, 0.2) is 17.7 Å². The number of cyclic esters (lactones) is 2. The van der Waals surface area contributed by atoms with E-state index in [2.05, 4.69) is 15.6 Å². The molecule has 0 aliphatic carbocycles. The van der Waals surface area contributed by atoms with E-state index in [0.717, 1.165) is 11.3 Å². The topological polar surface area (TPSA) is 121 Å². The van der Waals surface area contributed by atoms with Crippen LogP contribution in [0.25, 0.3) is 11.3 Å². The fraction of sp³-hybridized carbons (Fsp3) is 0.167. The van der Waals surface area contributed by atoms with E-state index in [0.29, 0.717) is 28.5 Å². The molecule has 0 amide bonds. The van der Waals surface area contributed by atoms with E-state index in [-0.39, 0.29) is 17.9 Å². The molecule has 3 aromatic carbocycles. The minimum absolute atomic E-state index is 0.115. The number of carbonyl (C=O) groups excluding carboxylic acids is 2. The number of hydrogen-bond donors (Lipinski definition) is 2. The number of hydrogen-bond acceptors (Lipinski definition) is 10. The molecule has 0 spiro atoms. The number of para-hydroxylation sites is 1. The van der Waals surface area contributed by atoms with Crippen LogP contribution in [-0.4, -0.2) is 29.8 Å². The van der Waals surface area contributed by atoms with Crippen LogP contribution < -0.4 is 20.1 Å². The number of methoxy groups -OCH3 is 1. The Balaban J connectivity index is 1.39. The normalized spacial score (nSPS) is 14.1. The van der Waals surface area contributed by atoms with E-state index in [4.69, 9.17) is 23.4 Å². The summed E-state index contributed by atoms with van der Waals surface area (Å²) in [4.78, 5) is 29.7. The second-order valence-electron chi connectivity index (χ2n) is 9.25. The summed E-state index contributed by atoms with van der Waals surface area (Å²) in [5, 5.41) is 6.26. The predicted molar refractivity (Wildman–Crippen MR) is 145 cm³/mol. The third kappa shape index (κ3) is 6.07. The number of nitrogens with zero attached hydrogens (tertiary/aromatic N) is 1. The zero-order valence-electron chi connectivity index (χ0n) is 22.1. The Morgan fingerprint density at radius 1 is 0.925 bits per heavy atom. The van der Waals surface area contributed by atoms with Crippen molar-refractivity contribution in [1.29, 1.82) is 0 Å². The van der Waals surface area contributed by atoms with Gasteiger partial charge < -0.3 is 34.0 Å². The van der Waals surface area contributed by atoms with Gasteiger partial charge in [-0.3, -0.25) is 0 Å². The number of benzene rings is 3. The maximum Gasteiger partial charge on any atom is 0.352 e. The van der Waals surface area contributed by atoms with Crippen molar-refractivity contribution in [3.63, 3.8) is 0 Å². The molecule has 1 aromatic heterocycles. The molecule has 0 radical (unpaired) electrons. The molecule has 1 saturated heterocycles. The third-order valence-corrected chi connectivity index (χ3v) is 5.88. The quantitative estimate of drug-likeness (QED) is 0.162. The third-order valence-electron chi connectivity index (χ3n) is 5.88. The Kier molecular flexibility index (Phi) is 7.41. The van der Waals surface area contributed by atoms with Crippen LogP contribution in [0.1, 0.15) is 19.4 Å². The smallest absolute Gasteiger partial charge is 0.352 e. The SMILES string of the molecule is COc1cc(NC(NCc2ccc(Oc3ccccc3)cc2)=C2C(=O)OC(C)(C)OC2=O)ccc1-c1cnco1. The molecule has 10 nitrogen and oxygen atoms in total. The molecule has 0 atom stereocenters. The fourth-order valence-electron chi connectivity index (χ4n) is 4.01. The van der Waals surface area contributed by atoms with Crippen LogP contribution in [-0.2, 0) is 25.6 Å². The number of anilines is 1. The maximum absolute atomic E-state index is 12.9. The molecule has 0 saturated carbocycles. The summed E-state index contributed by atoms with van der Waals surface area (Å²) in [5.74, 6) is -0.458. The lowest BCUT2D eigenvalue weighted by Gasteiger charge is -2.31. The lowest BCUT2D eigenvalue weighted by atomic mass is 10.1. The highest BCUT2D eigenvalue weighted by atomic mass is 16.7. The zero-order valence-corrected chi connectivity index (χ0v) is 22.1.